The first-order valence-corrected chi connectivity index (χ1v) is 10.2. The first-order chi connectivity index (χ1) is 13.5. The third kappa shape index (κ3) is 4.57. The number of H-pyrrole nitrogens is 1. The molecule has 148 valence electrons. The molecule has 28 heavy (non-hydrogen) atoms. The van der Waals surface area contributed by atoms with E-state index in [9.17, 15) is 0 Å². The van der Waals surface area contributed by atoms with Crippen molar-refractivity contribution in [3.8, 4) is 11.3 Å². The normalized spacial score (nSPS) is 15.8. The zero-order valence-corrected chi connectivity index (χ0v) is 17.0. The van der Waals surface area contributed by atoms with Crippen molar-refractivity contribution >= 4 is 16.6 Å². The van der Waals surface area contributed by atoms with Gasteiger partial charge in [-0.05, 0) is 62.9 Å². The maximum atomic E-state index is 6.04. The number of rotatable bonds is 5. The zero-order valence-electron chi connectivity index (χ0n) is 17.0. The topological polar surface area (TPSA) is 46.3 Å². The summed E-state index contributed by atoms with van der Waals surface area (Å²) in [5.74, 6) is 0. The lowest BCUT2D eigenvalue weighted by molar-refractivity contribution is -0.0149. The second-order valence-corrected chi connectivity index (χ2v) is 8.59. The molecule has 3 aromatic rings. The summed E-state index contributed by atoms with van der Waals surface area (Å²) in [7, 11) is 0. The van der Waals surface area contributed by atoms with E-state index in [2.05, 4.69) is 73.5 Å². The molecule has 1 aliphatic rings. The summed E-state index contributed by atoms with van der Waals surface area (Å²) < 4.78 is 11.6. The minimum Gasteiger partial charge on any atom is -0.381 e. The Labute approximate surface area is 167 Å². The van der Waals surface area contributed by atoms with Crippen LogP contribution in [0, 0.1) is 0 Å². The lowest BCUT2D eigenvalue weighted by Gasteiger charge is -2.25. The Kier molecular flexibility index (Phi) is 5.42. The van der Waals surface area contributed by atoms with Gasteiger partial charge in [0.1, 0.15) is 0 Å². The fourth-order valence-corrected chi connectivity index (χ4v) is 3.64. The predicted molar refractivity (Wildman–Crippen MR) is 116 cm³/mol. The van der Waals surface area contributed by atoms with Crippen LogP contribution in [0.1, 0.15) is 39.2 Å². The van der Waals surface area contributed by atoms with Crippen molar-refractivity contribution in [3.63, 3.8) is 0 Å². The van der Waals surface area contributed by atoms with Gasteiger partial charge in [0.2, 0.25) is 0 Å². The van der Waals surface area contributed by atoms with E-state index in [4.69, 9.17) is 9.47 Å². The Balaban J connectivity index is 1.70. The summed E-state index contributed by atoms with van der Waals surface area (Å²) in [6.07, 6.45) is 2.08. The van der Waals surface area contributed by atoms with Crippen LogP contribution in [0.2, 0.25) is 0 Å². The highest BCUT2D eigenvalue weighted by Crippen LogP contribution is 2.32. The molecule has 2 heterocycles. The van der Waals surface area contributed by atoms with Crippen LogP contribution in [0.4, 0.5) is 5.69 Å². The number of fused-ring (bicyclic) bond motifs is 1. The second kappa shape index (κ2) is 7.98. The first-order valence-electron chi connectivity index (χ1n) is 10.2. The van der Waals surface area contributed by atoms with Gasteiger partial charge in [-0.3, -0.25) is 0 Å². The van der Waals surface area contributed by atoms with Gasteiger partial charge >= 0.3 is 0 Å². The molecule has 0 aliphatic carbocycles. The van der Waals surface area contributed by atoms with E-state index in [-0.39, 0.29) is 5.60 Å². The largest absolute Gasteiger partial charge is 0.381 e. The number of anilines is 1. The Hall–Kier alpha value is -2.30. The smallest absolute Gasteiger partial charge is 0.0725 e. The average molecular weight is 379 g/mol. The van der Waals surface area contributed by atoms with Crippen molar-refractivity contribution in [2.45, 2.75) is 51.9 Å². The Morgan fingerprint density at radius 1 is 1.07 bits per heavy atom. The molecule has 2 aromatic carbocycles. The highest BCUT2D eigenvalue weighted by molar-refractivity contribution is 5.95. The minimum atomic E-state index is -0.156. The van der Waals surface area contributed by atoms with Crippen LogP contribution >= 0.6 is 0 Å². The molecule has 1 aliphatic heterocycles. The lowest BCUT2D eigenvalue weighted by Crippen LogP contribution is -2.28. The average Bonchev–Trinajstić information content (AvgIpc) is 3.12. The van der Waals surface area contributed by atoms with Crippen LogP contribution in [-0.4, -0.2) is 29.8 Å². The minimum absolute atomic E-state index is 0.156. The summed E-state index contributed by atoms with van der Waals surface area (Å²) in [6.45, 7) is 8.54. The lowest BCUT2D eigenvalue weighted by atomic mass is 10.1. The maximum absolute atomic E-state index is 6.04. The number of hydrogen-bond acceptors (Lipinski definition) is 3. The van der Waals surface area contributed by atoms with Crippen LogP contribution in [-0.2, 0) is 16.1 Å². The van der Waals surface area contributed by atoms with E-state index in [0.29, 0.717) is 12.6 Å². The number of aromatic nitrogens is 1. The molecular formula is C24H30N2O2. The first kappa shape index (κ1) is 19.0. The SMILES string of the molecule is CC(C)(C)OCc1cc(NC2CCOCC2)c2[nH]c(-c3ccccc3)cc2c1. The molecule has 0 amide bonds. The Bertz CT molecular complexity index is 919. The van der Waals surface area contributed by atoms with Crippen molar-refractivity contribution < 1.29 is 9.47 Å². The summed E-state index contributed by atoms with van der Waals surface area (Å²) >= 11 is 0. The van der Waals surface area contributed by atoms with E-state index in [1.54, 1.807) is 0 Å². The molecule has 0 unspecified atom stereocenters. The zero-order chi connectivity index (χ0) is 19.6. The van der Waals surface area contributed by atoms with E-state index in [1.165, 1.54) is 16.5 Å². The molecule has 0 bridgehead atoms. The summed E-state index contributed by atoms with van der Waals surface area (Å²) in [5, 5.41) is 4.97. The molecular weight excluding hydrogens is 348 g/mol. The van der Waals surface area contributed by atoms with Crippen molar-refractivity contribution in [2.75, 3.05) is 18.5 Å². The standard InChI is InChI=1S/C24H30N2O2/c1-24(2,3)28-16-17-13-19-15-21(18-7-5-4-6-8-18)26-23(19)22(14-17)25-20-9-11-27-12-10-20/h4-8,13-15,20,25-26H,9-12,16H2,1-3H3. The molecule has 0 spiro atoms. The summed E-state index contributed by atoms with van der Waals surface area (Å²) in [6, 6.07) is 17.6. The molecule has 0 saturated carbocycles. The fourth-order valence-electron chi connectivity index (χ4n) is 3.64. The predicted octanol–water partition coefficient (Wildman–Crippen LogP) is 5.74. The van der Waals surface area contributed by atoms with Gasteiger partial charge in [-0.25, -0.2) is 0 Å². The molecule has 0 atom stereocenters. The van der Waals surface area contributed by atoms with Gasteiger partial charge in [0.25, 0.3) is 0 Å². The number of aromatic amines is 1. The van der Waals surface area contributed by atoms with Crippen LogP contribution in [0.15, 0.2) is 48.5 Å². The van der Waals surface area contributed by atoms with E-state index in [1.807, 2.05) is 6.07 Å². The number of ether oxygens (including phenoxy) is 2. The Morgan fingerprint density at radius 3 is 2.54 bits per heavy atom. The third-order valence-corrected chi connectivity index (χ3v) is 5.13. The van der Waals surface area contributed by atoms with Gasteiger partial charge in [-0.15, -0.1) is 0 Å². The monoisotopic (exact) mass is 378 g/mol. The molecule has 1 aromatic heterocycles. The fraction of sp³-hybridized carbons (Fsp3) is 0.417. The van der Waals surface area contributed by atoms with Gasteiger partial charge in [-0.1, -0.05) is 30.3 Å². The molecule has 0 radical (unpaired) electrons. The number of benzene rings is 2. The second-order valence-electron chi connectivity index (χ2n) is 8.59. The van der Waals surface area contributed by atoms with Gasteiger partial charge in [0.15, 0.2) is 0 Å². The quantitative estimate of drug-likeness (QED) is 0.595. The van der Waals surface area contributed by atoms with Gasteiger partial charge in [-0.2, -0.15) is 0 Å². The molecule has 1 saturated heterocycles. The summed E-state index contributed by atoms with van der Waals surface area (Å²) in [4.78, 5) is 3.64. The van der Waals surface area contributed by atoms with Crippen molar-refractivity contribution in [1.82, 2.24) is 4.98 Å². The van der Waals surface area contributed by atoms with Gasteiger partial charge in [0, 0.05) is 30.3 Å². The van der Waals surface area contributed by atoms with Gasteiger partial charge < -0.3 is 19.8 Å². The highest BCUT2D eigenvalue weighted by atomic mass is 16.5. The van der Waals surface area contributed by atoms with Crippen LogP contribution in [0.25, 0.3) is 22.2 Å². The number of nitrogens with one attached hydrogen (secondary N) is 2. The van der Waals surface area contributed by atoms with Crippen molar-refractivity contribution in [3.05, 3.63) is 54.1 Å². The van der Waals surface area contributed by atoms with Crippen LogP contribution in [0.5, 0.6) is 0 Å². The number of hydrogen-bond donors (Lipinski definition) is 2. The maximum Gasteiger partial charge on any atom is 0.0725 e. The van der Waals surface area contributed by atoms with Crippen molar-refractivity contribution in [2.24, 2.45) is 0 Å². The van der Waals surface area contributed by atoms with Crippen LogP contribution in [0.3, 0.4) is 0 Å². The van der Waals surface area contributed by atoms with Crippen molar-refractivity contribution in [1.29, 1.82) is 0 Å². The molecule has 2 N–H and O–H groups in total. The van der Waals surface area contributed by atoms with Gasteiger partial charge in [0.05, 0.1) is 23.4 Å². The molecule has 4 nitrogen and oxygen atoms in total. The Morgan fingerprint density at radius 2 is 1.82 bits per heavy atom. The van der Waals surface area contributed by atoms with E-state index >= 15 is 0 Å². The third-order valence-electron chi connectivity index (χ3n) is 5.13. The molecule has 4 heteroatoms. The summed E-state index contributed by atoms with van der Waals surface area (Å²) in [5.41, 5.74) is 5.68. The molecule has 1 fully saturated rings. The molecule has 4 rings (SSSR count). The highest BCUT2D eigenvalue weighted by Gasteiger charge is 2.17. The van der Waals surface area contributed by atoms with E-state index in [0.717, 1.165) is 43.0 Å². The van der Waals surface area contributed by atoms with Crippen LogP contribution < -0.4 is 5.32 Å². The van der Waals surface area contributed by atoms with E-state index < -0.39 is 0 Å².